The maximum atomic E-state index is 12.7. The third-order valence-electron chi connectivity index (χ3n) is 3.65. The predicted octanol–water partition coefficient (Wildman–Crippen LogP) is 4.04. The molecule has 0 saturated heterocycles. The van der Waals surface area contributed by atoms with E-state index in [1.54, 1.807) is 25.2 Å². The molecule has 0 radical (unpaired) electrons. The van der Waals surface area contributed by atoms with E-state index >= 15 is 0 Å². The van der Waals surface area contributed by atoms with Gasteiger partial charge in [0.25, 0.3) is 5.91 Å². The first kappa shape index (κ1) is 17.8. The zero-order valence-electron chi connectivity index (χ0n) is 13.8. The van der Waals surface area contributed by atoms with E-state index < -0.39 is 11.7 Å². The summed E-state index contributed by atoms with van der Waals surface area (Å²) in [5.74, 6) is -0.238. The number of rotatable bonds is 4. The molecule has 2 rings (SSSR count). The molecule has 0 bridgehead atoms. The molecule has 0 aliphatic heterocycles. The van der Waals surface area contributed by atoms with Crippen molar-refractivity contribution in [3.05, 3.63) is 65.2 Å². The summed E-state index contributed by atoms with van der Waals surface area (Å²) in [6.07, 6.45) is -4.39. The van der Waals surface area contributed by atoms with Crippen LogP contribution in [0.2, 0.25) is 0 Å². The van der Waals surface area contributed by atoms with Gasteiger partial charge < -0.3 is 9.80 Å². The molecule has 0 saturated carbocycles. The van der Waals surface area contributed by atoms with Gasteiger partial charge in [-0.05, 0) is 42.0 Å². The Labute approximate surface area is 139 Å². The average molecular weight is 336 g/mol. The molecule has 1 amide bonds. The Balaban J connectivity index is 2.11. The smallest absolute Gasteiger partial charge is 0.378 e. The third kappa shape index (κ3) is 4.28. The van der Waals surface area contributed by atoms with Gasteiger partial charge in [0.15, 0.2) is 0 Å². The largest absolute Gasteiger partial charge is 0.416 e. The summed E-state index contributed by atoms with van der Waals surface area (Å²) in [4.78, 5) is 15.7. The number of hydrogen-bond donors (Lipinski definition) is 0. The van der Waals surface area contributed by atoms with Crippen LogP contribution in [0, 0.1) is 0 Å². The van der Waals surface area contributed by atoms with E-state index in [0.29, 0.717) is 11.1 Å². The van der Waals surface area contributed by atoms with E-state index in [9.17, 15) is 18.0 Å². The highest BCUT2D eigenvalue weighted by Gasteiger charge is 2.30. The molecule has 0 aromatic heterocycles. The Morgan fingerprint density at radius 3 is 2.17 bits per heavy atom. The number of anilines is 1. The van der Waals surface area contributed by atoms with Crippen LogP contribution >= 0.6 is 0 Å². The first-order valence-corrected chi connectivity index (χ1v) is 7.37. The van der Waals surface area contributed by atoms with Crippen LogP contribution in [0.3, 0.4) is 0 Å². The molecule has 24 heavy (non-hydrogen) atoms. The second-order valence-corrected chi connectivity index (χ2v) is 5.80. The van der Waals surface area contributed by atoms with E-state index in [0.717, 1.165) is 17.8 Å². The number of amides is 1. The Bertz CT molecular complexity index is 709. The zero-order chi connectivity index (χ0) is 17.9. The Morgan fingerprint density at radius 2 is 1.62 bits per heavy atom. The van der Waals surface area contributed by atoms with Crippen molar-refractivity contribution in [3.8, 4) is 0 Å². The molecule has 6 heteroatoms. The molecule has 0 spiro atoms. The molecular weight excluding hydrogens is 317 g/mol. The zero-order valence-corrected chi connectivity index (χ0v) is 13.8. The van der Waals surface area contributed by atoms with Crippen molar-refractivity contribution in [1.82, 2.24) is 4.90 Å². The van der Waals surface area contributed by atoms with E-state index in [1.165, 1.54) is 11.0 Å². The maximum absolute atomic E-state index is 12.7. The summed E-state index contributed by atoms with van der Waals surface area (Å²) in [5, 5.41) is 0. The molecule has 2 aromatic carbocycles. The van der Waals surface area contributed by atoms with Gasteiger partial charge in [-0.25, -0.2) is 0 Å². The Hall–Kier alpha value is -2.50. The summed E-state index contributed by atoms with van der Waals surface area (Å²) in [7, 11) is 5.37. The summed E-state index contributed by atoms with van der Waals surface area (Å²) >= 11 is 0. The fourth-order valence-electron chi connectivity index (χ4n) is 2.31. The molecule has 0 aliphatic rings. The lowest BCUT2D eigenvalue weighted by Crippen LogP contribution is -2.26. The fraction of sp³-hybridized carbons (Fsp3) is 0.278. The molecule has 0 N–H and O–H groups in total. The molecule has 3 nitrogen and oxygen atoms in total. The lowest BCUT2D eigenvalue weighted by atomic mass is 10.1. The van der Waals surface area contributed by atoms with Gasteiger partial charge in [0, 0.05) is 38.9 Å². The molecule has 2 aromatic rings. The second-order valence-electron chi connectivity index (χ2n) is 5.80. The van der Waals surface area contributed by atoms with Crippen molar-refractivity contribution >= 4 is 11.6 Å². The van der Waals surface area contributed by atoms with E-state index in [2.05, 4.69) is 0 Å². The molecule has 0 atom stereocenters. The van der Waals surface area contributed by atoms with Crippen LogP contribution in [0.4, 0.5) is 18.9 Å². The van der Waals surface area contributed by atoms with Crippen LogP contribution < -0.4 is 4.90 Å². The lowest BCUT2D eigenvalue weighted by molar-refractivity contribution is -0.137. The number of nitrogens with zero attached hydrogens (tertiary/aromatic N) is 2. The molecule has 0 heterocycles. The summed E-state index contributed by atoms with van der Waals surface area (Å²) in [6, 6.07) is 12.1. The SMILES string of the molecule is CN(Cc1cccc(C(F)(F)F)c1)C(=O)c1ccc(N(C)C)cc1. The number of halogens is 3. The average Bonchev–Trinajstić information content (AvgIpc) is 2.53. The second kappa shape index (κ2) is 6.95. The summed E-state index contributed by atoms with van der Waals surface area (Å²) in [6.45, 7) is 0.109. The van der Waals surface area contributed by atoms with Gasteiger partial charge in [-0.1, -0.05) is 12.1 Å². The van der Waals surface area contributed by atoms with E-state index in [-0.39, 0.29) is 12.5 Å². The maximum Gasteiger partial charge on any atom is 0.416 e. The van der Waals surface area contributed by atoms with Crippen LogP contribution in [0.25, 0.3) is 0 Å². The van der Waals surface area contributed by atoms with Gasteiger partial charge in [-0.3, -0.25) is 4.79 Å². The number of carbonyl (C=O) groups excluding carboxylic acids is 1. The topological polar surface area (TPSA) is 23.6 Å². The highest BCUT2D eigenvalue weighted by atomic mass is 19.4. The van der Waals surface area contributed by atoms with Gasteiger partial charge in [0.2, 0.25) is 0 Å². The molecule has 128 valence electrons. The summed E-state index contributed by atoms with van der Waals surface area (Å²) in [5.41, 5.74) is 1.18. The fourth-order valence-corrected chi connectivity index (χ4v) is 2.31. The minimum absolute atomic E-state index is 0.109. The number of benzene rings is 2. The van der Waals surface area contributed by atoms with Crippen molar-refractivity contribution in [3.63, 3.8) is 0 Å². The molecule has 0 unspecified atom stereocenters. The van der Waals surface area contributed by atoms with Crippen molar-refractivity contribution < 1.29 is 18.0 Å². The van der Waals surface area contributed by atoms with Crippen molar-refractivity contribution in [2.24, 2.45) is 0 Å². The van der Waals surface area contributed by atoms with Crippen LogP contribution in [0.1, 0.15) is 21.5 Å². The van der Waals surface area contributed by atoms with Crippen LogP contribution in [-0.4, -0.2) is 32.0 Å². The van der Waals surface area contributed by atoms with Crippen LogP contribution in [-0.2, 0) is 12.7 Å². The Kier molecular flexibility index (Phi) is 5.17. The minimum atomic E-state index is -4.39. The first-order chi connectivity index (χ1) is 11.2. The van der Waals surface area contributed by atoms with Gasteiger partial charge in [-0.2, -0.15) is 13.2 Å². The van der Waals surface area contributed by atoms with Crippen LogP contribution in [0.15, 0.2) is 48.5 Å². The molecule has 0 fully saturated rings. The van der Waals surface area contributed by atoms with Crippen LogP contribution in [0.5, 0.6) is 0 Å². The third-order valence-corrected chi connectivity index (χ3v) is 3.65. The first-order valence-electron chi connectivity index (χ1n) is 7.37. The Morgan fingerprint density at radius 1 is 1.00 bits per heavy atom. The highest BCUT2D eigenvalue weighted by molar-refractivity contribution is 5.94. The van der Waals surface area contributed by atoms with E-state index in [1.807, 2.05) is 31.1 Å². The van der Waals surface area contributed by atoms with Crippen molar-refractivity contribution in [1.29, 1.82) is 0 Å². The number of alkyl halides is 3. The molecular formula is C18H19F3N2O. The van der Waals surface area contributed by atoms with Gasteiger partial charge in [-0.15, -0.1) is 0 Å². The minimum Gasteiger partial charge on any atom is -0.378 e. The predicted molar refractivity (Wildman–Crippen MR) is 88.0 cm³/mol. The summed E-state index contributed by atoms with van der Waals surface area (Å²) < 4.78 is 38.2. The van der Waals surface area contributed by atoms with E-state index in [4.69, 9.17) is 0 Å². The van der Waals surface area contributed by atoms with Crippen molar-refractivity contribution in [2.75, 3.05) is 26.0 Å². The standard InChI is InChI=1S/C18H19F3N2O/c1-22(2)16-9-7-14(8-10-16)17(24)23(3)12-13-5-4-6-15(11-13)18(19,20)21/h4-11H,12H2,1-3H3. The quantitative estimate of drug-likeness (QED) is 0.841. The normalized spacial score (nSPS) is 11.2. The van der Waals surface area contributed by atoms with Gasteiger partial charge in [0.05, 0.1) is 5.56 Å². The van der Waals surface area contributed by atoms with Gasteiger partial charge in [0.1, 0.15) is 0 Å². The lowest BCUT2D eigenvalue weighted by Gasteiger charge is -2.19. The highest BCUT2D eigenvalue weighted by Crippen LogP contribution is 2.29. The number of hydrogen-bond acceptors (Lipinski definition) is 2. The molecule has 0 aliphatic carbocycles. The monoisotopic (exact) mass is 336 g/mol. The van der Waals surface area contributed by atoms with Crippen molar-refractivity contribution in [2.45, 2.75) is 12.7 Å². The number of carbonyl (C=O) groups is 1. The van der Waals surface area contributed by atoms with Gasteiger partial charge >= 0.3 is 6.18 Å².